The van der Waals surface area contributed by atoms with Gasteiger partial charge in [-0.15, -0.1) is 11.3 Å². The summed E-state index contributed by atoms with van der Waals surface area (Å²) >= 11 is 6.74. The van der Waals surface area contributed by atoms with Crippen molar-refractivity contribution < 1.29 is 22.7 Å². The predicted octanol–water partition coefficient (Wildman–Crippen LogP) is 4.15. The molecule has 1 amide bonds. The quantitative estimate of drug-likeness (QED) is 0.640. The number of amides is 1. The van der Waals surface area contributed by atoms with E-state index in [0.29, 0.717) is 10.0 Å². The van der Waals surface area contributed by atoms with Gasteiger partial charge in [-0.3, -0.25) is 9.52 Å². The summed E-state index contributed by atoms with van der Waals surface area (Å²) in [4.78, 5) is 26.5. The molecular formula is C20H23ClN2O5S2. The fourth-order valence-electron chi connectivity index (χ4n) is 3.52. The molecule has 1 saturated heterocycles. The van der Waals surface area contributed by atoms with Crippen LogP contribution in [0.4, 0.5) is 5.69 Å². The van der Waals surface area contributed by atoms with E-state index in [2.05, 4.69) is 4.72 Å². The summed E-state index contributed by atoms with van der Waals surface area (Å²) in [6.07, 6.45) is 2.97. The number of sulfonamides is 1. The Kier molecular flexibility index (Phi) is 7.05. The Labute approximate surface area is 185 Å². The molecular weight excluding hydrogens is 448 g/mol. The summed E-state index contributed by atoms with van der Waals surface area (Å²) < 4.78 is 32.7. The summed E-state index contributed by atoms with van der Waals surface area (Å²) in [5.74, 6) is -0.845. The van der Waals surface area contributed by atoms with Gasteiger partial charge in [0.15, 0.2) is 6.61 Å². The fourth-order valence-corrected chi connectivity index (χ4v) is 6.06. The minimum Gasteiger partial charge on any atom is -0.452 e. The van der Waals surface area contributed by atoms with E-state index < -0.39 is 16.0 Å². The van der Waals surface area contributed by atoms with Crippen LogP contribution in [0.3, 0.4) is 0 Å². The molecule has 0 aliphatic carbocycles. The number of likely N-dealkylation sites (tertiary alicyclic amines) is 1. The molecule has 0 radical (unpaired) electrons. The van der Waals surface area contributed by atoms with E-state index in [1.807, 2.05) is 13.8 Å². The number of carbonyl (C=O) groups is 2. The van der Waals surface area contributed by atoms with Gasteiger partial charge in [0.1, 0.15) is 4.21 Å². The predicted molar refractivity (Wildman–Crippen MR) is 116 cm³/mol. The number of carbonyl (C=O) groups excluding carboxylic acids is 2. The maximum Gasteiger partial charge on any atom is 0.338 e. The van der Waals surface area contributed by atoms with Crippen LogP contribution in [-0.4, -0.2) is 43.9 Å². The van der Waals surface area contributed by atoms with Gasteiger partial charge in [-0.2, -0.15) is 0 Å². The van der Waals surface area contributed by atoms with E-state index >= 15 is 0 Å². The number of thiophene rings is 1. The summed E-state index contributed by atoms with van der Waals surface area (Å²) in [7, 11) is -3.75. The summed E-state index contributed by atoms with van der Waals surface area (Å²) in [5, 5.41) is 0. The lowest BCUT2D eigenvalue weighted by atomic mass is 9.97. The molecule has 162 valence electrons. The molecule has 1 N–H and O–H groups in total. The number of rotatable bonds is 6. The van der Waals surface area contributed by atoms with Gasteiger partial charge in [0.25, 0.3) is 15.9 Å². The molecule has 2 unspecified atom stereocenters. The Morgan fingerprint density at radius 1 is 1.13 bits per heavy atom. The Morgan fingerprint density at radius 2 is 1.77 bits per heavy atom. The summed E-state index contributed by atoms with van der Waals surface area (Å²) in [6.45, 7) is 3.68. The van der Waals surface area contributed by atoms with Crippen molar-refractivity contribution in [2.24, 2.45) is 0 Å². The van der Waals surface area contributed by atoms with Crippen LogP contribution in [0, 0.1) is 0 Å². The Morgan fingerprint density at radius 3 is 2.33 bits per heavy atom. The first kappa shape index (κ1) is 22.6. The minimum atomic E-state index is -3.75. The Bertz CT molecular complexity index is 1010. The van der Waals surface area contributed by atoms with Crippen LogP contribution in [0.2, 0.25) is 4.34 Å². The number of benzene rings is 1. The third kappa shape index (κ3) is 5.33. The number of hydrogen-bond donors (Lipinski definition) is 1. The average molecular weight is 471 g/mol. The number of piperidine rings is 1. The second-order valence-electron chi connectivity index (χ2n) is 7.25. The van der Waals surface area contributed by atoms with Crippen molar-refractivity contribution in [1.82, 2.24) is 4.90 Å². The SMILES string of the molecule is CC1CCCC(C)N1C(=O)COC(=O)c1ccc(NS(=O)(=O)c2ccc(Cl)s2)cc1. The molecule has 2 heterocycles. The third-order valence-corrected chi connectivity index (χ3v) is 8.10. The number of hydrogen-bond acceptors (Lipinski definition) is 6. The zero-order valence-electron chi connectivity index (χ0n) is 16.6. The van der Waals surface area contributed by atoms with E-state index in [1.54, 1.807) is 4.90 Å². The van der Waals surface area contributed by atoms with Crippen molar-refractivity contribution in [3.8, 4) is 0 Å². The Hall–Kier alpha value is -2.10. The van der Waals surface area contributed by atoms with Gasteiger partial charge >= 0.3 is 5.97 Å². The number of nitrogens with zero attached hydrogens (tertiary/aromatic N) is 1. The Balaban J connectivity index is 1.58. The number of halogens is 1. The van der Waals surface area contributed by atoms with Crippen LogP contribution in [0.15, 0.2) is 40.6 Å². The van der Waals surface area contributed by atoms with E-state index in [1.165, 1.54) is 36.4 Å². The summed E-state index contributed by atoms with van der Waals surface area (Å²) in [5.41, 5.74) is 0.521. The monoisotopic (exact) mass is 470 g/mol. The molecule has 0 spiro atoms. The average Bonchev–Trinajstić information content (AvgIpc) is 3.14. The van der Waals surface area contributed by atoms with Crippen LogP contribution in [0.25, 0.3) is 0 Å². The van der Waals surface area contributed by atoms with E-state index in [9.17, 15) is 18.0 Å². The molecule has 30 heavy (non-hydrogen) atoms. The molecule has 2 aromatic rings. The lowest BCUT2D eigenvalue weighted by Gasteiger charge is -2.38. The molecule has 2 atom stereocenters. The van der Waals surface area contributed by atoms with Gasteiger partial charge in [-0.25, -0.2) is 13.2 Å². The van der Waals surface area contributed by atoms with Gasteiger partial charge in [0.05, 0.1) is 9.90 Å². The van der Waals surface area contributed by atoms with Crippen LogP contribution in [0.1, 0.15) is 43.5 Å². The van der Waals surface area contributed by atoms with Crippen LogP contribution in [-0.2, 0) is 19.6 Å². The molecule has 3 rings (SSSR count). The molecule has 10 heteroatoms. The third-order valence-electron chi connectivity index (χ3n) is 4.99. The second kappa shape index (κ2) is 9.36. The molecule has 1 aliphatic heterocycles. The number of nitrogens with one attached hydrogen (secondary N) is 1. The normalized spacial score (nSPS) is 19.4. The first-order valence-corrected chi connectivity index (χ1v) is 12.2. The minimum absolute atomic E-state index is 0.0932. The van der Waals surface area contributed by atoms with E-state index in [4.69, 9.17) is 16.3 Å². The second-order valence-corrected chi connectivity index (χ2v) is 10.9. The molecule has 0 bridgehead atoms. The maximum atomic E-state index is 12.5. The van der Waals surface area contributed by atoms with Crippen LogP contribution in [0.5, 0.6) is 0 Å². The highest BCUT2D eigenvalue weighted by Gasteiger charge is 2.29. The lowest BCUT2D eigenvalue weighted by Crippen LogP contribution is -2.49. The van der Waals surface area contributed by atoms with E-state index in [-0.39, 0.29) is 34.4 Å². The van der Waals surface area contributed by atoms with Gasteiger partial charge in [0, 0.05) is 17.8 Å². The molecule has 1 fully saturated rings. The fraction of sp³-hybridized carbons (Fsp3) is 0.400. The highest BCUT2D eigenvalue weighted by Crippen LogP contribution is 2.27. The number of anilines is 1. The van der Waals surface area contributed by atoms with Gasteiger partial charge in [-0.05, 0) is 69.5 Å². The van der Waals surface area contributed by atoms with Crippen molar-refractivity contribution in [2.75, 3.05) is 11.3 Å². The highest BCUT2D eigenvalue weighted by molar-refractivity contribution is 7.94. The standard InChI is InChI=1S/C20H23ClN2O5S2/c1-13-4-3-5-14(2)23(13)18(24)12-28-20(25)15-6-8-16(9-7-15)22-30(26,27)19-11-10-17(21)29-19/h6-11,13-14,22H,3-5,12H2,1-2H3. The van der Waals surface area contributed by atoms with Gasteiger partial charge in [-0.1, -0.05) is 11.6 Å². The van der Waals surface area contributed by atoms with Gasteiger partial charge in [0.2, 0.25) is 0 Å². The van der Waals surface area contributed by atoms with Crippen molar-refractivity contribution in [3.05, 3.63) is 46.3 Å². The van der Waals surface area contributed by atoms with Crippen molar-refractivity contribution in [1.29, 1.82) is 0 Å². The highest BCUT2D eigenvalue weighted by atomic mass is 35.5. The zero-order valence-corrected chi connectivity index (χ0v) is 19.0. The zero-order chi connectivity index (χ0) is 21.9. The molecule has 7 nitrogen and oxygen atoms in total. The first-order chi connectivity index (χ1) is 14.2. The topological polar surface area (TPSA) is 92.8 Å². The first-order valence-electron chi connectivity index (χ1n) is 9.54. The lowest BCUT2D eigenvalue weighted by molar-refractivity contribution is -0.140. The van der Waals surface area contributed by atoms with Gasteiger partial charge < -0.3 is 9.64 Å². The number of ether oxygens (including phenoxy) is 1. The van der Waals surface area contributed by atoms with Crippen LogP contribution >= 0.6 is 22.9 Å². The number of esters is 1. The van der Waals surface area contributed by atoms with Crippen LogP contribution < -0.4 is 4.72 Å². The molecule has 1 aliphatic rings. The van der Waals surface area contributed by atoms with E-state index in [0.717, 1.165) is 30.6 Å². The largest absolute Gasteiger partial charge is 0.452 e. The van der Waals surface area contributed by atoms with Crippen molar-refractivity contribution >= 4 is 50.5 Å². The molecule has 0 saturated carbocycles. The van der Waals surface area contributed by atoms with Crippen molar-refractivity contribution in [2.45, 2.75) is 49.4 Å². The summed E-state index contributed by atoms with van der Waals surface area (Å²) in [6, 6.07) is 8.99. The van der Waals surface area contributed by atoms with Crippen molar-refractivity contribution in [3.63, 3.8) is 0 Å². The smallest absolute Gasteiger partial charge is 0.338 e. The maximum absolute atomic E-state index is 12.5. The molecule has 1 aromatic carbocycles. The molecule has 1 aromatic heterocycles.